The Kier molecular flexibility index (Phi) is 4.85. The number of aromatic nitrogens is 1. The molecule has 2 aromatic heterocycles. The molecule has 4 rings (SSSR count). The minimum Gasteiger partial charge on any atom is -0.440 e. The zero-order valence-corrected chi connectivity index (χ0v) is 16.1. The van der Waals surface area contributed by atoms with Crippen molar-refractivity contribution in [2.24, 2.45) is 0 Å². The fourth-order valence-corrected chi connectivity index (χ4v) is 4.94. The SMILES string of the molecule is Cc1noc(-c2ccc(S(=O)(=O)N3C[C@H](O)[C@@H](N4CCOCC4)C3)o2)c1C. The number of hydrogen-bond acceptors (Lipinski definition) is 8. The Morgan fingerprint density at radius 2 is 1.93 bits per heavy atom. The van der Waals surface area contributed by atoms with E-state index in [1.165, 1.54) is 10.4 Å². The predicted molar refractivity (Wildman–Crippen MR) is 94.6 cm³/mol. The van der Waals surface area contributed by atoms with Crippen LogP contribution in [0.15, 0.2) is 26.2 Å². The van der Waals surface area contributed by atoms with Crippen LogP contribution in [0.1, 0.15) is 11.3 Å². The second kappa shape index (κ2) is 7.02. The number of morpholine rings is 1. The highest BCUT2D eigenvalue weighted by Gasteiger charge is 2.42. The van der Waals surface area contributed by atoms with Crippen molar-refractivity contribution in [2.75, 3.05) is 39.4 Å². The summed E-state index contributed by atoms with van der Waals surface area (Å²) in [5.41, 5.74) is 1.53. The van der Waals surface area contributed by atoms with Gasteiger partial charge in [0, 0.05) is 31.7 Å². The summed E-state index contributed by atoms with van der Waals surface area (Å²) in [6, 6.07) is 2.74. The van der Waals surface area contributed by atoms with Crippen molar-refractivity contribution < 1.29 is 27.2 Å². The summed E-state index contributed by atoms with van der Waals surface area (Å²) in [4.78, 5) is 2.08. The van der Waals surface area contributed by atoms with E-state index in [9.17, 15) is 13.5 Å². The lowest BCUT2D eigenvalue weighted by Crippen LogP contribution is -2.49. The molecule has 148 valence electrons. The highest BCUT2D eigenvalue weighted by atomic mass is 32.2. The van der Waals surface area contributed by atoms with Gasteiger partial charge in [0.15, 0.2) is 5.76 Å². The monoisotopic (exact) mass is 397 g/mol. The normalized spacial score (nSPS) is 25.3. The molecule has 0 aliphatic carbocycles. The number of hydrogen-bond donors (Lipinski definition) is 1. The standard InChI is InChI=1S/C17H23N3O6S/c1-11-12(2)18-26-17(11)15-3-4-16(25-15)27(22,23)20-9-13(14(21)10-20)19-5-7-24-8-6-19/h3-4,13-14,21H,5-10H2,1-2H3/t13-,14-/m0/s1. The highest BCUT2D eigenvalue weighted by Crippen LogP contribution is 2.31. The summed E-state index contributed by atoms with van der Waals surface area (Å²) >= 11 is 0. The maximum Gasteiger partial charge on any atom is 0.276 e. The number of sulfonamides is 1. The number of nitrogens with zero attached hydrogens (tertiary/aromatic N) is 3. The smallest absolute Gasteiger partial charge is 0.276 e. The number of aliphatic hydroxyl groups is 1. The van der Waals surface area contributed by atoms with Crippen LogP contribution in [-0.2, 0) is 14.8 Å². The molecule has 0 aromatic carbocycles. The first-order valence-corrected chi connectivity index (χ1v) is 10.3. The van der Waals surface area contributed by atoms with E-state index in [-0.39, 0.29) is 24.2 Å². The van der Waals surface area contributed by atoms with Crippen LogP contribution in [0.3, 0.4) is 0 Å². The lowest BCUT2D eigenvalue weighted by Gasteiger charge is -2.33. The van der Waals surface area contributed by atoms with Crippen molar-refractivity contribution in [3.8, 4) is 11.5 Å². The molecule has 2 aromatic rings. The molecule has 0 unspecified atom stereocenters. The van der Waals surface area contributed by atoms with Gasteiger partial charge in [-0.1, -0.05) is 5.16 Å². The fraction of sp³-hybridized carbons (Fsp3) is 0.588. The Hall–Kier alpha value is -1.72. The van der Waals surface area contributed by atoms with Crippen LogP contribution in [0, 0.1) is 13.8 Å². The topological polar surface area (TPSA) is 109 Å². The van der Waals surface area contributed by atoms with Gasteiger partial charge in [-0.25, -0.2) is 8.42 Å². The van der Waals surface area contributed by atoms with Gasteiger partial charge in [-0.15, -0.1) is 0 Å². The minimum atomic E-state index is -3.85. The first-order valence-electron chi connectivity index (χ1n) is 8.91. The molecule has 2 aliphatic heterocycles. The molecule has 0 bridgehead atoms. The number of ether oxygens (including phenoxy) is 1. The largest absolute Gasteiger partial charge is 0.440 e. The number of rotatable bonds is 4. The summed E-state index contributed by atoms with van der Waals surface area (Å²) < 4.78 is 43.4. The lowest BCUT2D eigenvalue weighted by atomic mass is 10.2. The molecule has 2 aliphatic rings. The molecular formula is C17H23N3O6S. The summed E-state index contributed by atoms with van der Waals surface area (Å²) in [6.45, 7) is 6.46. The Morgan fingerprint density at radius 3 is 2.59 bits per heavy atom. The molecule has 2 atom stereocenters. The molecule has 10 heteroatoms. The molecule has 1 N–H and O–H groups in total. The third kappa shape index (κ3) is 3.32. The van der Waals surface area contributed by atoms with Crippen LogP contribution in [0.4, 0.5) is 0 Å². The number of aliphatic hydroxyl groups excluding tert-OH is 1. The maximum atomic E-state index is 13.0. The van der Waals surface area contributed by atoms with Crippen LogP contribution in [0.25, 0.3) is 11.5 Å². The van der Waals surface area contributed by atoms with Crippen LogP contribution in [0.5, 0.6) is 0 Å². The van der Waals surface area contributed by atoms with Gasteiger partial charge in [0.05, 0.1) is 31.1 Å². The summed E-state index contributed by atoms with van der Waals surface area (Å²) in [7, 11) is -3.85. The van der Waals surface area contributed by atoms with Gasteiger partial charge in [-0.2, -0.15) is 4.31 Å². The van der Waals surface area contributed by atoms with Gasteiger partial charge in [0.1, 0.15) is 0 Å². The van der Waals surface area contributed by atoms with Gasteiger partial charge in [-0.3, -0.25) is 4.90 Å². The van der Waals surface area contributed by atoms with Crippen molar-refractivity contribution in [1.82, 2.24) is 14.4 Å². The third-order valence-electron chi connectivity index (χ3n) is 5.30. The zero-order valence-electron chi connectivity index (χ0n) is 15.3. The Balaban J connectivity index is 1.54. The summed E-state index contributed by atoms with van der Waals surface area (Å²) in [5, 5.41) is 14.1. The molecule has 4 heterocycles. The molecule has 0 saturated carbocycles. The Labute approximate surface area is 157 Å². The van der Waals surface area contributed by atoms with Crippen molar-refractivity contribution in [3.05, 3.63) is 23.4 Å². The molecule has 9 nitrogen and oxygen atoms in total. The molecule has 0 amide bonds. The minimum absolute atomic E-state index is 0.0425. The molecule has 2 saturated heterocycles. The van der Waals surface area contributed by atoms with Crippen molar-refractivity contribution in [1.29, 1.82) is 0 Å². The van der Waals surface area contributed by atoms with Gasteiger partial charge in [0.25, 0.3) is 10.0 Å². The average Bonchev–Trinajstić information content (AvgIpc) is 3.36. The Bertz CT molecular complexity index is 915. The second-order valence-electron chi connectivity index (χ2n) is 6.95. The maximum absolute atomic E-state index is 13.0. The first kappa shape index (κ1) is 18.6. The Morgan fingerprint density at radius 1 is 1.19 bits per heavy atom. The predicted octanol–water partition coefficient (Wildman–Crippen LogP) is 0.617. The van der Waals surface area contributed by atoms with E-state index < -0.39 is 16.1 Å². The number of β-amino-alcohol motifs (C(OH)–C–C–N with tert-alkyl or cyclic N) is 1. The number of aryl methyl sites for hydroxylation is 1. The van der Waals surface area contributed by atoms with Crippen molar-refractivity contribution in [2.45, 2.75) is 31.1 Å². The van der Waals surface area contributed by atoms with Gasteiger partial charge >= 0.3 is 0 Å². The van der Waals surface area contributed by atoms with Gasteiger partial charge in [-0.05, 0) is 26.0 Å². The van der Waals surface area contributed by atoms with E-state index in [4.69, 9.17) is 13.7 Å². The van der Waals surface area contributed by atoms with Gasteiger partial charge in [0.2, 0.25) is 10.9 Å². The van der Waals surface area contributed by atoms with Crippen LogP contribution in [-0.4, -0.2) is 79.4 Å². The molecule has 2 fully saturated rings. The quantitative estimate of drug-likeness (QED) is 0.800. The van der Waals surface area contributed by atoms with E-state index in [0.29, 0.717) is 37.8 Å². The third-order valence-corrected chi connectivity index (χ3v) is 7.00. The molecule has 27 heavy (non-hydrogen) atoms. The van der Waals surface area contributed by atoms with Crippen LogP contribution in [0.2, 0.25) is 0 Å². The fourth-order valence-electron chi connectivity index (χ4n) is 3.55. The lowest BCUT2D eigenvalue weighted by molar-refractivity contribution is -0.00602. The number of furan rings is 1. The van der Waals surface area contributed by atoms with Crippen molar-refractivity contribution in [3.63, 3.8) is 0 Å². The van der Waals surface area contributed by atoms with Crippen LogP contribution < -0.4 is 0 Å². The van der Waals surface area contributed by atoms with E-state index in [0.717, 1.165) is 11.3 Å². The van der Waals surface area contributed by atoms with E-state index in [1.54, 1.807) is 13.0 Å². The van der Waals surface area contributed by atoms with Crippen LogP contribution >= 0.6 is 0 Å². The van der Waals surface area contributed by atoms with E-state index >= 15 is 0 Å². The molecule has 0 spiro atoms. The average molecular weight is 397 g/mol. The second-order valence-corrected chi connectivity index (χ2v) is 8.81. The molecular weight excluding hydrogens is 374 g/mol. The van der Waals surface area contributed by atoms with Crippen molar-refractivity contribution >= 4 is 10.0 Å². The molecule has 0 radical (unpaired) electrons. The summed E-state index contributed by atoms with van der Waals surface area (Å²) in [6.07, 6.45) is -0.744. The highest BCUT2D eigenvalue weighted by molar-refractivity contribution is 7.89. The summed E-state index contributed by atoms with van der Waals surface area (Å²) in [5.74, 6) is 0.734. The van der Waals surface area contributed by atoms with E-state index in [2.05, 4.69) is 10.1 Å². The zero-order chi connectivity index (χ0) is 19.2. The first-order chi connectivity index (χ1) is 12.9. The van der Waals surface area contributed by atoms with E-state index in [1.807, 2.05) is 6.92 Å². The van der Waals surface area contributed by atoms with Gasteiger partial charge < -0.3 is 18.8 Å².